The van der Waals surface area contributed by atoms with Crippen molar-refractivity contribution in [3.05, 3.63) is 51.4 Å². The van der Waals surface area contributed by atoms with Crippen LogP contribution in [0.4, 0.5) is 5.00 Å². The first-order valence-electron chi connectivity index (χ1n) is 6.96. The standard InChI is InChI=1S/C17H19NO3S/c1-10-7-5-6-8-13(10)9-14(19)18-16-15(17(20)21-4)11(2)12(3)22-16/h5-8H,9H2,1-4H3,(H,18,19). The largest absolute Gasteiger partial charge is 0.465 e. The molecule has 0 radical (unpaired) electrons. The van der Waals surface area contributed by atoms with Crippen LogP contribution in [-0.2, 0) is 16.0 Å². The lowest BCUT2D eigenvalue weighted by atomic mass is 10.1. The molecule has 0 bridgehead atoms. The molecule has 4 nitrogen and oxygen atoms in total. The van der Waals surface area contributed by atoms with Gasteiger partial charge in [-0.2, -0.15) is 0 Å². The molecule has 0 unspecified atom stereocenters. The molecule has 1 aromatic heterocycles. The van der Waals surface area contributed by atoms with Crippen molar-refractivity contribution >= 4 is 28.2 Å². The van der Waals surface area contributed by atoms with Gasteiger partial charge in [-0.3, -0.25) is 4.79 Å². The number of benzene rings is 1. The lowest BCUT2D eigenvalue weighted by Gasteiger charge is -2.08. The van der Waals surface area contributed by atoms with Gasteiger partial charge in [0.25, 0.3) is 0 Å². The molecule has 0 aliphatic rings. The van der Waals surface area contributed by atoms with E-state index in [-0.39, 0.29) is 12.3 Å². The first-order valence-corrected chi connectivity index (χ1v) is 7.78. The van der Waals surface area contributed by atoms with Gasteiger partial charge in [0, 0.05) is 4.88 Å². The highest BCUT2D eigenvalue weighted by molar-refractivity contribution is 7.16. The molecule has 0 saturated heterocycles. The van der Waals surface area contributed by atoms with Gasteiger partial charge in [0.1, 0.15) is 5.00 Å². The van der Waals surface area contributed by atoms with Crippen molar-refractivity contribution in [3.8, 4) is 0 Å². The van der Waals surface area contributed by atoms with Crippen molar-refractivity contribution < 1.29 is 14.3 Å². The van der Waals surface area contributed by atoms with Crippen molar-refractivity contribution in [1.82, 2.24) is 0 Å². The Bertz CT molecular complexity index is 719. The van der Waals surface area contributed by atoms with Gasteiger partial charge in [0.2, 0.25) is 5.91 Å². The maximum Gasteiger partial charge on any atom is 0.341 e. The van der Waals surface area contributed by atoms with Gasteiger partial charge in [-0.15, -0.1) is 11.3 Å². The number of thiophene rings is 1. The third-order valence-electron chi connectivity index (χ3n) is 3.64. The zero-order chi connectivity index (χ0) is 16.3. The van der Waals surface area contributed by atoms with Crippen LogP contribution >= 0.6 is 11.3 Å². The number of nitrogens with one attached hydrogen (secondary N) is 1. The molecule has 0 aliphatic carbocycles. The number of carbonyl (C=O) groups is 2. The summed E-state index contributed by atoms with van der Waals surface area (Å²) in [5, 5.41) is 3.40. The first kappa shape index (κ1) is 16.2. The summed E-state index contributed by atoms with van der Waals surface area (Å²) in [6.45, 7) is 5.75. The minimum Gasteiger partial charge on any atom is -0.465 e. The van der Waals surface area contributed by atoms with Crippen LogP contribution in [0.1, 0.15) is 31.9 Å². The number of aryl methyl sites for hydroxylation is 2. The predicted octanol–water partition coefficient (Wildman–Crippen LogP) is 3.64. The lowest BCUT2D eigenvalue weighted by Crippen LogP contribution is -2.16. The van der Waals surface area contributed by atoms with E-state index in [1.165, 1.54) is 18.4 Å². The molecule has 1 heterocycles. The molecule has 116 valence electrons. The number of carbonyl (C=O) groups excluding carboxylic acids is 2. The highest BCUT2D eigenvalue weighted by Gasteiger charge is 2.21. The van der Waals surface area contributed by atoms with Gasteiger partial charge in [-0.1, -0.05) is 24.3 Å². The van der Waals surface area contributed by atoms with E-state index in [1.807, 2.05) is 45.0 Å². The molecule has 1 N–H and O–H groups in total. The number of hydrogen-bond donors (Lipinski definition) is 1. The molecule has 22 heavy (non-hydrogen) atoms. The molecule has 0 saturated carbocycles. The van der Waals surface area contributed by atoms with Crippen molar-refractivity contribution in [2.24, 2.45) is 0 Å². The number of amides is 1. The van der Waals surface area contributed by atoms with E-state index in [0.717, 1.165) is 21.6 Å². The van der Waals surface area contributed by atoms with Crippen LogP contribution in [0, 0.1) is 20.8 Å². The van der Waals surface area contributed by atoms with Gasteiger partial charge in [0.15, 0.2) is 0 Å². The highest BCUT2D eigenvalue weighted by Crippen LogP contribution is 2.33. The van der Waals surface area contributed by atoms with Crippen LogP contribution in [0.2, 0.25) is 0 Å². The van der Waals surface area contributed by atoms with Gasteiger partial charge >= 0.3 is 5.97 Å². The number of ether oxygens (including phenoxy) is 1. The van der Waals surface area contributed by atoms with E-state index in [9.17, 15) is 9.59 Å². The normalized spacial score (nSPS) is 10.4. The zero-order valence-corrected chi connectivity index (χ0v) is 14.0. The fourth-order valence-electron chi connectivity index (χ4n) is 2.22. The van der Waals surface area contributed by atoms with Crippen LogP contribution in [0.25, 0.3) is 0 Å². The molecular formula is C17H19NO3S. The summed E-state index contributed by atoms with van der Waals surface area (Å²) in [7, 11) is 1.34. The third kappa shape index (κ3) is 3.36. The Morgan fingerprint density at radius 1 is 1.18 bits per heavy atom. The minimum absolute atomic E-state index is 0.138. The van der Waals surface area contributed by atoms with Gasteiger partial charge < -0.3 is 10.1 Å². The van der Waals surface area contributed by atoms with E-state index in [0.29, 0.717) is 10.6 Å². The summed E-state index contributed by atoms with van der Waals surface area (Å²) in [5.74, 6) is -0.561. The van der Waals surface area contributed by atoms with Gasteiger partial charge in [0.05, 0.1) is 19.1 Å². The summed E-state index contributed by atoms with van der Waals surface area (Å²) in [5.41, 5.74) is 3.35. The molecule has 0 fully saturated rings. The fourth-order valence-corrected chi connectivity index (χ4v) is 3.28. The van der Waals surface area contributed by atoms with Gasteiger partial charge in [-0.25, -0.2) is 4.79 Å². The van der Waals surface area contributed by atoms with Crippen molar-refractivity contribution in [2.75, 3.05) is 12.4 Å². The Morgan fingerprint density at radius 2 is 1.86 bits per heavy atom. The maximum atomic E-state index is 12.3. The van der Waals surface area contributed by atoms with Crippen molar-refractivity contribution in [1.29, 1.82) is 0 Å². The van der Waals surface area contributed by atoms with E-state index in [4.69, 9.17) is 4.74 Å². The third-order valence-corrected chi connectivity index (χ3v) is 4.76. The summed E-state index contributed by atoms with van der Waals surface area (Å²) in [4.78, 5) is 25.1. The average Bonchev–Trinajstić information content (AvgIpc) is 2.75. The van der Waals surface area contributed by atoms with Crippen molar-refractivity contribution in [2.45, 2.75) is 27.2 Å². The smallest absolute Gasteiger partial charge is 0.341 e. The molecule has 0 spiro atoms. The molecular weight excluding hydrogens is 298 g/mol. The zero-order valence-electron chi connectivity index (χ0n) is 13.1. The second kappa shape index (κ2) is 6.75. The van der Waals surface area contributed by atoms with E-state index < -0.39 is 5.97 Å². The highest BCUT2D eigenvalue weighted by atomic mass is 32.1. The minimum atomic E-state index is -0.423. The van der Waals surface area contributed by atoms with Crippen LogP contribution in [0.15, 0.2) is 24.3 Å². The number of methoxy groups -OCH3 is 1. The Kier molecular flexibility index (Phi) is 4.98. The Labute approximate surface area is 134 Å². The topological polar surface area (TPSA) is 55.4 Å². The SMILES string of the molecule is COC(=O)c1c(NC(=O)Cc2ccccc2C)sc(C)c1C. The maximum absolute atomic E-state index is 12.3. The van der Waals surface area contributed by atoms with E-state index in [2.05, 4.69) is 5.32 Å². The number of hydrogen-bond acceptors (Lipinski definition) is 4. The fraction of sp³-hybridized carbons (Fsp3) is 0.294. The monoisotopic (exact) mass is 317 g/mol. The number of esters is 1. The Balaban J connectivity index is 2.21. The summed E-state index contributed by atoms with van der Waals surface area (Å²) in [6.07, 6.45) is 0.281. The van der Waals surface area contributed by atoms with Crippen LogP contribution in [0.3, 0.4) is 0 Å². The average molecular weight is 317 g/mol. The molecule has 1 aromatic carbocycles. The first-order chi connectivity index (χ1) is 10.4. The van der Waals surface area contributed by atoms with E-state index >= 15 is 0 Å². The molecule has 2 rings (SSSR count). The molecule has 1 amide bonds. The van der Waals surface area contributed by atoms with Crippen LogP contribution < -0.4 is 5.32 Å². The molecule has 5 heteroatoms. The summed E-state index contributed by atoms with van der Waals surface area (Å²) >= 11 is 1.39. The van der Waals surface area contributed by atoms with E-state index in [1.54, 1.807) is 0 Å². The molecule has 0 atom stereocenters. The lowest BCUT2D eigenvalue weighted by molar-refractivity contribution is -0.115. The van der Waals surface area contributed by atoms with Crippen LogP contribution in [0.5, 0.6) is 0 Å². The Hall–Kier alpha value is -2.14. The number of anilines is 1. The molecule has 2 aromatic rings. The second-order valence-corrected chi connectivity index (χ2v) is 6.36. The second-order valence-electron chi connectivity index (χ2n) is 5.13. The van der Waals surface area contributed by atoms with Crippen molar-refractivity contribution in [3.63, 3.8) is 0 Å². The van der Waals surface area contributed by atoms with Gasteiger partial charge in [-0.05, 0) is 37.5 Å². The predicted molar refractivity (Wildman–Crippen MR) is 88.6 cm³/mol. The molecule has 0 aliphatic heterocycles. The van der Waals surface area contributed by atoms with Crippen LogP contribution in [-0.4, -0.2) is 19.0 Å². The Morgan fingerprint density at radius 3 is 2.50 bits per heavy atom. The summed E-state index contributed by atoms with van der Waals surface area (Å²) < 4.78 is 4.81. The number of rotatable bonds is 4. The summed E-state index contributed by atoms with van der Waals surface area (Å²) in [6, 6.07) is 7.76. The quantitative estimate of drug-likeness (QED) is 0.876.